The summed E-state index contributed by atoms with van der Waals surface area (Å²) in [6, 6.07) is 15.3. The molecule has 1 aliphatic rings. The van der Waals surface area contributed by atoms with Crippen LogP contribution >= 0.6 is 0 Å². The molecule has 0 aliphatic heterocycles. The lowest BCUT2D eigenvalue weighted by Crippen LogP contribution is -2.28. The molecule has 0 saturated heterocycles. The number of benzene rings is 2. The van der Waals surface area contributed by atoms with E-state index in [9.17, 15) is 13.2 Å². The van der Waals surface area contributed by atoms with E-state index >= 15 is 0 Å². The van der Waals surface area contributed by atoms with Gasteiger partial charge in [-0.3, -0.25) is 9.10 Å². The summed E-state index contributed by atoms with van der Waals surface area (Å²) >= 11 is 0. The third-order valence-electron chi connectivity index (χ3n) is 4.36. The molecule has 1 fully saturated rings. The van der Waals surface area contributed by atoms with Crippen LogP contribution in [0.1, 0.15) is 19.3 Å². The monoisotopic (exact) mass is 344 g/mol. The maximum atomic E-state index is 12.8. The van der Waals surface area contributed by atoms with Crippen LogP contribution in [0.3, 0.4) is 0 Å². The van der Waals surface area contributed by atoms with Gasteiger partial charge in [-0.15, -0.1) is 0 Å². The van der Waals surface area contributed by atoms with Crippen LogP contribution in [-0.2, 0) is 14.8 Å². The highest BCUT2D eigenvalue weighted by atomic mass is 32.2. The molecule has 1 amide bonds. The Hall–Kier alpha value is -2.34. The maximum absolute atomic E-state index is 12.8. The lowest BCUT2D eigenvalue weighted by Gasteiger charge is -2.24. The van der Waals surface area contributed by atoms with Crippen LogP contribution < -0.4 is 9.62 Å². The molecule has 3 rings (SSSR count). The van der Waals surface area contributed by atoms with E-state index in [2.05, 4.69) is 5.32 Å². The number of para-hydroxylation sites is 1. The number of carbonyl (C=O) groups excluding carboxylic acids is 1. The van der Waals surface area contributed by atoms with Gasteiger partial charge in [-0.2, -0.15) is 0 Å². The zero-order chi connectivity index (χ0) is 17.2. The van der Waals surface area contributed by atoms with E-state index < -0.39 is 10.0 Å². The summed E-state index contributed by atoms with van der Waals surface area (Å²) in [5.41, 5.74) is 1.09. The van der Waals surface area contributed by atoms with E-state index in [1.54, 1.807) is 36.4 Å². The second-order valence-corrected chi connectivity index (χ2v) is 7.92. The lowest BCUT2D eigenvalue weighted by atomic mass is 9.85. The predicted octanol–water partition coefficient (Wildman–Crippen LogP) is 3.25. The minimum absolute atomic E-state index is 0.0350. The number of nitrogens with one attached hydrogen (secondary N) is 1. The van der Waals surface area contributed by atoms with Crippen molar-refractivity contribution in [2.75, 3.05) is 16.7 Å². The minimum atomic E-state index is -3.68. The van der Waals surface area contributed by atoms with E-state index in [1.165, 1.54) is 23.5 Å². The Bertz CT molecular complexity index is 830. The van der Waals surface area contributed by atoms with Crippen LogP contribution in [0.2, 0.25) is 0 Å². The molecule has 1 aliphatic carbocycles. The average Bonchev–Trinajstić information content (AvgIpc) is 2.53. The van der Waals surface area contributed by atoms with Gasteiger partial charge >= 0.3 is 0 Å². The van der Waals surface area contributed by atoms with Crippen molar-refractivity contribution in [2.45, 2.75) is 24.2 Å². The first-order valence-corrected chi connectivity index (χ1v) is 9.37. The van der Waals surface area contributed by atoms with E-state index in [-0.39, 0.29) is 16.7 Å². The Balaban J connectivity index is 1.83. The summed E-state index contributed by atoms with van der Waals surface area (Å²) in [5.74, 6) is 0.0180. The zero-order valence-corrected chi connectivity index (χ0v) is 14.3. The minimum Gasteiger partial charge on any atom is -0.326 e. The smallest absolute Gasteiger partial charge is 0.264 e. The molecule has 0 radical (unpaired) electrons. The average molecular weight is 344 g/mol. The van der Waals surface area contributed by atoms with Crippen molar-refractivity contribution >= 4 is 27.3 Å². The van der Waals surface area contributed by atoms with Crippen LogP contribution in [0.5, 0.6) is 0 Å². The molecule has 0 unspecified atom stereocenters. The van der Waals surface area contributed by atoms with E-state index in [0.29, 0.717) is 11.4 Å². The van der Waals surface area contributed by atoms with Crippen molar-refractivity contribution in [1.82, 2.24) is 0 Å². The van der Waals surface area contributed by atoms with Crippen LogP contribution in [-0.4, -0.2) is 21.4 Å². The van der Waals surface area contributed by atoms with Crippen molar-refractivity contribution in [3.63, 3.8) is 0 Å². The summed E-state index contributed by atoms with van der Waals surface area (Å²) in [4.78, 5) is 12.2. The molecule has 5 nitrogen and oxygen atoms in total. The molecule has 2 aromatic rings. The molecule has 126 valence electrons. The predicted molar refractivity (Wildman–Crippen MR) is 94.4 cm³/mol. The normalized spacial score (nSPS) is 14.7. The van der Waals surface area contributed by atoms with Gasteiger partial charge in [0.15, 0.2) is 0 Å². The molecule has 2 aromatic carbocycles. The summed E-state index contributed by atoms with van der Waals surface area (Å²) in [5, 5.41) is 2.81. The molecule has 1 N–H and O–H groups in total. The second kappa shape index (κ2) is 6.65. The second-order valence-electron chi connectivity index (χ2n) is 5.95. The van der Waals surface area contributed by atoms with Gasteiger partial charge in [0.2, 0.25) is 5.91 Å². The van der Waals surface area contributed by atoms with Gasteiger partial charge in [0, 0.05) is 18.7 Å². The number of rotatable bonds is 5. The van der Waals surface area contributed by atoms with Gasteiger partial charge in [0.1, 0.15) is 0 Å². The largest absolute Gasteiger partial charge is 0.326 e. The molecule has 0 heterocycles. The summed E-state index contributed by atoms with van der Waals surface area (Å²) < 4.78 is 26.8. The highest BCUT2D eigenvalue weighted by Gasteiger charge is 2.26. The number of carbonyl (C=O) groups is 1. The Morgan fingerprint density at radius 2 is 1.79 bits per heavy atom. The molecular weight excluding hydrogens is 324 g/mol. The van der Waals surface area contributed by atoms with Gasteiger partial charge in [0.25, 0.3) is 10.0 Å². The van der Waals surface area contributed by atoms with Crippen molar-refractivity contribution in [3.8, 4) is 0 Å². The van der Waals surface area contributed by atoms with E-state index in [1.807, 2.05) is 6.07 Å². The van der Waals surface area contributed by atoms with Gasteiger partial charge in [-0.25, -0.2) is 8.42 Å². The molecule has 1 saturated carbocycles. The van der Waals surface area contributed by atoms with Crippen LogP contribution in [0.15, 0.2) is 59.5 Å². The summed E-state index contributed by atoms with van der Waals surface area (Å²) in [6.45, 7) is 0. The first-order valence-electron chi connectivity index (χ1n) is 7.93. The third-order valence-corrected chi connectivity index (χ3v) is 6.14. The fourth-order valence-corrected chi connectivity index (χ4v) is 3.83. The highest BCUT2D eigenvalue weighted by Crippen LogP contribution is 2.28. The maximum Gasteiger partial charge on any atom is 0.264 e. The van der Waals surface area contributed by atoms with Gasteiger partial charge in [0.05, 0.1) is 10.6 Å². The fraction of sp³-hybridized carbons (Fsp3) is 0.278. The number of sulfonamides is 1. The molecule has 0 aromatic heterocycles. The first kappa shape index (κ1) is 16.5. The number of hydrogen-bond donors (Lipinski definition) is 1. The molecule has 0 atom stereocenters. The van der Waals surface area contributed by atoms with Crippen LogP contribution in [0.4, 0.5) is 11.4 Å². The van der Waals surface area contributed by atoms with E-state index in [0.717, 1.165) is 19.3 Å². The Morgan fingerprint density at radius 1 is 1.08 bits per heavy atom. The summed E-state index contributed by atoms with van der Waals surface area (Å²) in [6.07, 6.45) is 2.88. The van der Waals surface area contributed by atoms with Gasteiger partial charge < -0.3 is 5.32 Å². The van der Waals surface area contributed by atoms with Crippen molar-refractivity contribution in [1.29, 1.82) is 0 Å². The SMILES string of the molecule is CN(c1ccccc1)S(=O)(=O)c1cccc(NC(=O)C2CCC2)c1. The quantitative estimate of drug-likeness (QED) is 0.905. The van der Waals surface area contributed by atoms with Crippen LogP contribution in [0, 0.1) is 5.92 Å². The molecular formula is C18H20N2O3S. The van der Waals surface area contributed by atoms with Crippen molar-refractivity contribution < 1.29 is 13.2 Å². The topological polar surface area (TPSA) is 66.5 Å². The number of hydrogen-bond acceptors (Lipinski definition) is 3. The highest BCUT2D eigenvalue weighted by molar-refractivity contribution is 7.92. The first-order chi connectivity index (χ1) is 11.5. The van der Waals surface area contributed by atoms with Gasteiger partial charge in [-0.05, 0) is 43.2 Å². The Morgan fingerprint density at radius 3 is 2.42 bits per heavy atom. The standard InChI is InChI=1S/C18H20N2O3S/c1-20(16-10-3-2-4-11-16)24(22,23)17-12-6-9-15(13-17)19-18(21)14-7-5-8-14/h2-4,6,9-14H,5,7-8H2,1H3,(H,19,21). The van der Waals surface area contributed by atoms with E-state index in [4.69, 9.17) is 0 Å². The Labute approximate surface area is 142 Å². The fourth-order valence-electron chi connectivity index (χ4n) is 2.58. The molecule has 0 spiro atoms. The number of anilines is 2. The van der Waals surface area contributed by atoms with Gasteiger partial charge in [-0.1, -0.05) is 30.7 Å². The van der Waals surface area contributed by atoms with Crippen molar-refractivity contribution in [2.24, 2.45) is 5.92 Å². The summed E-state index contributed by atoms with van der Waals surface area (Å²) in [7, 11) is -2.16. The lowest BCUT2D eigenvalue weighted by molar-refractivity contribution is -0.122. The van der Waals surface area contributed by atoms with Crippen molar-refractivity contribution in [3.05, 3.63) is 54.6 Å². The van der Waals surface area contributed by atoms with Crippen LogP contribution in [0.25, 0.3) is 0 Å². The number of nitrogens with zero attached hydrogens (tertiary/aromatic N) is 1. The molecule has 24 heavy (non-hydrogen) atoms. The third kappa shape index (κ3) is 3.28. The molecule has 6 heteroatoms. The zero-order valence-electron chi connectivity index (χ0n) is 13.5. The number of amides is 1. The molecule has 0 bridgehead atoms. The Kier molecular flexibility index (Phi) is 4.57.